The Morgan fingerprint density at radius 2 is 2.00 bits per heavy atom. The van der Waals surface area contributed by atoms with Crippen LogP contribution in [0, 0.1) is 24.1 Å². The Balaban J connectivity index is 2.02. The number of benzene rings is 2. The average Bonchev–Trinajstić information content (AvgIpc) is 3.00. The molecule has 0 saturated carbocycles. The Labute approximate surface area is 166 Å². The van der Waals surface area contributed by atoms with Crippen molar-refractivity contribution in [2.45, 2.75) is 6.92 Å². The molecular weight excluding hydrogens is 381 g/mol. The van der Waals surface area contributed by atoms with Crippen LogP contribution in [0.4, 0.5) is 4.39 Å². The molecule has 2 aromatic carbocycles. The molecule has 0 fully saturated rings. The van der Waals surface area contributed by atoms with Gasteiger partial charge in [0.05, 0.1) is 18.5 Å². The van der Waals surface area contributed by atoms with E-state index in [2.05, 4.69) is 5.10 Å². The minimum Gasteiger partial charge on any atom is -0.497 e. The van der Waals surface area contributed by atoms with Crippen molar-refractivity contribution in [1.82, 2.24) is 9.78 Å². The third-order valence-electron chi connectivity index (χ3n) is 4.10. The number of aromatic nitrogens is 2. The summed E-state index contributed by atoms with van der Waals surface area (Å²) >= 11 is 6.42. The molecule has 3 aromatic rings. The second-order valence-electron chi connectivity index (χ2n) is 5.91. The van der Waals surface area contributed by atoms with Gasteiger partial charge >= 0.3 is 0 Å². The smallest absolute Gasteiger partial charge is 0.203 e. The van der Waals surface area contributed by atoms with Gasteiger partial charge in [-0.15, -0.1) is 0 Å². The molecule has 0 spiro atoms. The predicted molar refractivity (Wildman–Crippen MR) is 104 cm³/mol. The fourth-order valence-corrected chi connectivity index (χ4v) is 2.97. The zero-order chi connectivity index (χ0) is 20.3. The summed E-state index contributed by atoms with van der Waals surface area (Å²) in [5, 5.41) is 14.1. The fourth-order valence-electron chi connectivity index (χ4n) is 2.64. The summed E-state index contributed by atoms with van der Waals surface area (Å²) in [5.41, 5.74) is 1.77. The van der Waals surface area contributed by atoms with Crippen LogP contribution in [-0.2, 0) is 0 Å². The molecule has 0 aliphatic rings. The highest BCUT2D eigenvalue weighted by Gasteiger charge is 2.18. The normalized spacial score (nSPS) is 11.2. The summed E-state index contributed by atoms with van der Waals surface area (Å²) in [6, 6.07) is 14.1. The van der Waals surface area contributed by atoms with Gasteiger partial charge in [-0.25, -0.2) is 9.07 Å². The third kappa shape index (κ3) is 3.80. The third-order valence-corrected chi connectivity index (χ3v) is 4.47. The first-order valence-corrected chi connectivity index (χ1v) is 8.64. The summed E-state index contributed by atoms with van der Waals surface area (Å²) in [5.74, 6) is -0.313. The Bertz CT molecular complexity index is 1110. The van der Waals surface area contributed by atoms with E-state index >= 15 is 0 Å². The van der Waals surface area contributed by atoms with E-state index in [-0.39, 0.29) is 16.5 Å². The Kier molecular flexibility index (Phi) is 5.57. The summed E-state index contributed by atoms with van der Waals surface area (Å²) < 4.78 is 19.7. The molecule has 140 valence electrons. The van der Waals surface area contributed by atoms with E-state index in [0.717, 1.165) is 0 Å². The minimum absolute atomic E-state index is 0.0862. The zero-order valence-corrected chi connectivity index (χ0v) is 15.9. The van der Waals surface area contributed by atoms with Crippen molar-refractivity contribution >= 4 is 23.5 Å². The molecular formula is C21H15ClFN3O2. The Morgan fingerprint density at radius 1 is 1.29 bits per heavy atom. The highest BCUT2D eigenvalue weighted by atomic mass is 35.5. The van der Waals surface area contributed by atoms with Gasteiger partial charge < -0.3 is 4.74 Å². The van der Waals surface area contributed by atoms with Crippen LogP contribution in [0.15, 0.2) is 54.1 Å². The number of carbonyl (C=O) groups is 1. The summed E-state index contributed by atoms with van der Waals surface area (Å²) in [6.07, 6.45) is 1.41. The monoisotopic (exact) mass is 395 g/mol. The molecule has 0 saturated heterocycles. The lowest BCUT2D eigenvalue weighted by atomic mass is 10.0. The van der Waals surface area contributed by atoms with Crippen LogP contribution >= 0.6 is 11.6 Å². The molecule has 0 atom stereocenters. The number of nitrogens with zero attached hydrogens (tertiary/aromatic N) is 3. The molecule has 0 amide bonds. The summed E-state index contributed by atoms with van der Waals surface area (Å²) in [7, 11) is 1.50. The van der Waals surface area contributed by atoms with Crippen molar-refractivity contribution in [3.63, 3.8) is 0 Å². The zero-order valence-electron chi connectivity index (χ0n) is 15.1. The summed E-state index contributed by atoms with van der Waals surface area (Å²) in [4.78, 5) is 12.7. The van der Waals surface area contributed by atoms with Crippen LogP contribution in [0.3, 0.4) is 0 Å². The Morgan fingerprint density at radius 3 is 2.64 bits per heavy atom. The van der Waals surface area contributed by atoms with Gasteiger partial charge in [0, 0.05) is 11.1 Å². The number of allylic oxidation sites excluding steroid dienone is 1. The van der Waals surface area contributed by atoms with Crippen LogP contribution in [0.2, 0.25) is 5.15 Å². The van der Waals surface area contributed by atoms with E-state index < -0.39 is 5.78 Å². The number of rotatable bonds is 5. The summed E-state index contributed by atoms with van der Waals surface area (Å²) in [6.45, 7) is 1.71. The van der Waals surface area contributed by atoms with Gasteiger partial charge in [-0.05, 0) is 49.4 Å². The van der Waals surface area contributed by atoms with Gasteiger partial charge in [0.25, 0.3) is 0 Å². The van der Waals surface area contributed by atoms with Crippen molar-refractivity contribution in [3.05, 3.63) is 81.9 Å². The lowest BCUT2D eigenvalue weighted by molar-refractivity contribution is 0.103. The van der Waals surface area contributed by atoms with Crippen LogP contribution < -0.4 is 4.74 Å². The number of methoxy groups -OCH3 is 1. The maximum absolute atomic E-state index is 13.2. The SMILES string of the molecule is COc1cccc(C(=O)/C(C#N)=C/c2c(C)nn(-c3ccc(F)cc3)c2Cl)c1. The first kappa shape index (κ1) is 19.3. The van der Waals surface area contributed by atoms with Gasteiger partial charge in [-0.2, -0.15) is 10.4 Å². The number of hydrogen-bond acceptors (Lipinski definition) is 4. The highest BCUT2D eigenvalue weighted by molar-refractivity contribution is 6.31. The van der Waals surface area contributed by atoms with Gasteiger partial charge in [-0.3, -0.25) is 4.79 Å². The highest BCUT2D eigenvalue weighted by Crippen LogP contribution is 2.27. The van der Waals surface area contributed by atoms with Crippen LogP contribution in [0.5, 0.6) is 5.75 Å². The lowest BCUT2D eigenvalue weighted by Crippen LogP contribution is -2.02. The van der Waals surface area contributed by atoms with Crippen LogP contribution in [-0.4, -0.2) is 22.7 Å². The molecule has 3 rings (SSSR count). The first-order chi connectivity index (χ1) is 13.4. The number of halogens is 2. The standard InChI is InChI=1S/C21H15ClFN3O2/c1-13-19(21(22)26(25-13)17-8-6-16(23)7-9-17)11-15(12-24)20(27)14-4-3-5-18(10-14)28-2/h3-11H,1-2H3/b15-11+. The number of ether oxygens (including phenoxy) is 1. The molecule has 0 bridgehead atoms. The van der Waals surface area contributed by atoms with Crippen LogP contribution in [0.25, 0.3) is 11.8 Å². The number of ketones is 1. The average molecular weight is 396 g/mol. The second kappa shape index (κ2) is 8.07. The largest absolute Gasteiger partial charge is 0.497 e. The van der Waals surface area contributed by atoms with E-state index in [0.29, 0.717) is 28.3 Å². The van der Waals surface area contributed by atoms with Gasteiger partial charge in [0.1, 0.15) is 28.4 Å². The van der Waals surface area contributed by atoms with Crippen molar-refractivity contribution in [1.29, 1.82) is 5.26 Å². The molecule has 1 aromatic heterocycles. The molecule has 28 heavy (non-hydrogen) atoms. The number of nitriles is 1. The topological polar surface area (TPSA) is 67.9 Å². The molecule has 7 heteroatoms. The molecule has 0 unspecified atom stereocenters. The molecule has 0 aliphatic heterocycles. The number of carbonyl (C=O) groups excluding carboxylic acids is 1. The minimum atomic E-state index is -0.452. The van der Waals surface area contributed by atoms with E-state index in [1.54, 1.807) is 31.2 Å². The van der Waals surface area contributed by atoms with Crippen molar-refractivity contribution < 1.29 is 13.9 Å². The van der Waals surface area contributed by atoms with Gasteiger partial charge in [-0.1, -0.05) is 23.7 Å². The van der Waals surface area contributed by atoms with Gasteiger partial charge in [0.2, 0.25) is 5.78 Å². The van der Waals surface area contributed by atoms with Crippen molar-refractivity contribution in [2.24, 2.45) is 0 Å². The molecule has 1 heterocycles. The lowest BCUT2D eigenvalue weighted by Gasteiger charge is -2.04. The maximum atomic E-state index is 13.2. The Hall–Kier alpha value is -3.43. The van der Waals surface area contributed by atoms with E-state index in [9.17, 15) is 14.4 Å². The molecule has 0 N–H and O–H groups in total. The maximum Gasteiger partial charge on any atom is 0.203 e. The van der Waals surface area contributed by atoms with Crippen molar-refractivity contribution in [3.8, 4) is 17.5 Å². The number of hydrogen-bond donors (Lipinski definition) is 0. The second-order valence-corrected chi connectivity index (χ2v) is 6.27. The quantitative estimate of drug-likeness (QED) is 0.354. The first-order valence-electron chi connectivity index (χ1n) is 8.26. The van der Waals surface area contributed by atoms with E-state index in [4.69, 9.17) is 16.3 Å². The molecule has 0 aliphatic carbocycles. The number of Topliss-reactive ketones (excluding diaryl/α,β-unsaturated/α-hetero) is 1. The fraction of sp³-hybridized carbons (Fsp3) is 0.0952. The predicted octanol–water partition coefficient (Wildman–Crippen LogP) is 4.77. The van der Waals surface area contributed by atoms with Gasteiger partial charge in [0.15, 0.2) is 0 Å². The molecule has 0 radical (unpaired) electrons. The number of aryl methyl sites for hydroxylation is 1. The van der Waals surface area contributed by atoms with Crippen LogP contribution in [0.1, 0.15) is 21.6 Å². The van der Waals surface area contributed by atoms with Crippen molar-refractivity contribution in [2.75, 3.05) is 7.11 Å². The van der Waals surface area contributed by atoms with E-state index in [1.807, 2.05) is 6.07 Å². The van der Waals surface area contributed by atoms with E-state index in [1.165, 1.54) is 42.1 Å². The molecule has 5 nitrogen and oxygen atoms in total.